The summed E-state index contributed by atoms with van der Waals surface area (Å²) in [7, 11) is 1.42. The smallest absolute Gasteiger partial charge is 0.340 e. The monoisotopic (exact) mass is 316 g/mol. The van der Waals surface area contributed by atoms with Crippen LogP contribution in [0.2, 0.25) is 0 Å². The van der Waals surface area contributed by atoms with Gasteiger partial charge in [-0.15, -0.1) is 0 Å². The van der Waals surface area contributed by atoms with Crippen molar-refractivity contribution in [2.24, 2.45) is 0 Å². The lowest BCUT2D eigenvalue weighted by molar-refractivity contribution is 0.0454. The summed E-state index contributed by atoms with van der Waals surface area (Å²) in [5.41, 5.74) is -0.514. The van der Waals surface area contributed by atoms with E-state index >= 15 is 0 Å². The molecule has 0 radical (unpaired) electrons. The zero-order valence-electron chi connectivity index (χ0n) is 12.3. The van der Waals surface area contributed by atoms with Crippen LogP contribution in [-0.2, 0) is 10.0 Å². The van der Waals surface area contributed by atoms with Gasteiger partial charge in [0.05, 0.1) is 6.20 Å². The quantitative estimate of drug-likeness (QED) is 0.777. The maximum Gasteiger partial charge on any atom is 0.340 e. The van der Waals surface area contributed by atoms with Gasteiger partial charge in [0.2, 0.25) is 0 Å². The first-order chi connectivity index (χ1) is 9.70. The molecule has 8 nitrogen and oxygen atoms in total. The van der Waals surface area contributed by atoms with Gasteiger partial charge in [0.25, 0.3) is 10.0 Å². The molecule has 0 amide bonds. The number of nitrogens with one attached hydrogen (secondary N) is 1. The topological polar surface area (TPSA) is 107 Å². The highest BCUT2D eigenvalue weighted by Crippen LogP contribution is 2.37. The second-order valence-electron chi connectivity index (χ2n) is 5.65. The van der Waals surface area contributed by atoms with Gasteiger partial charge < -0.3 is 10.0 Å². The zero-order chi connectivity index (χ0) is 15.8. The number of carboxylic acid groups (broad SMARTS) is 1. The van der Waals surface area contributed by atoms with E-state index in [0.29, 0.717) is 6.54 Å². The number of nitrogens with zero attached hydrogens (tertiary/aromatic N) is 3. The molecule has 1 aliphatic carbocycles. The number of aromatic carboxylic acids is 1. The predicted octanol–water partition coefficient (Wildman–Crippen LogP) is 0.213. The molecule has 1 aliphatic rings. The first-order valence-electron chi connectivity index (χ1n) is 6.61. The fourth-order valence-electron chi connectivity index (χ4n) is 2.61. The highest BCUT2D eigenvalue weighted by Gasteiger charge is 2.42. The van der Waals surface area contributed by atoms with Crippen molar-refractivity contribution in [1.82, 2.24) is 19.4 Å². The third-order valence-corrected chi connectivity index (χ3v) is 6.03. The summed E-state index contributed by atoms with van der Waals surface area (Å²) >= 11 is 0. The summed E-state index contributed by atoms with van der Waals surface area (Å²) in [6.07, 6.45) is 3.92. The van der Waals surface area contributed by atoms with Crippen LogP contribution in [0.15, 0.2) is 11.2 Å². The molecule has 9 heteroatoms. The lowest BCUT2D eigenvalue weighted by atomic mass is 9.75. The normalized spacial score (nSPS) is 18.0. The van der Waals surface area contributed by atoms with E-state index in [2.05, 4.69) is 10.2 Å². The Morgan fingerprint density at radius 3 is 2.48 bits per heavy atom. The van der Waals surface area contributed by atoms with Crippen LogP contribution >= 0.6 is 0 Å². The molecule has 118 valence electrons. The minimum atomic E-state index is -3.91. The standard InChI is InChI=1S/C12H20N4O4S/c1-15(2)12(5-4-6-12)8-16(3)21(19,20)10-9(11(17)18)7-13-14-10/h7H,4-6,8H2,1-3H3,(H,13,14)(H,17,18). The van der Waals surface area contributed by atoms with E-state index in [-0.39, 0.29) is 16.1 Å². The van der Waals surface area contributed by atoms with Gasteiger partial charge in [-0.3, -0.25) is 5.10 Å². The molecular formula is C12H20N4O4S. The lowest BCUT2D eigenvalue weighted by Crippen LogP contribution is -2.57. The van der Waals surface area contributed by atoms with Gasteiger partial charge in [-0.2, -0.15) is 9.40 Å². The molecule has 1 aromatic rings. The lowest BCUT2D eigenvalue weighted by Gasteiger charge is -2.48. The van der Waals surface area contributed by atoms with Gasteiger partial charge in [0.15, 0.2) is 5.03 Å². The van der Waals surface area contributed by atoms with E-state index in [0.717, 1.165) is 25.5 Å². The largest absolute Gasteiger partial charge is 0.478 e. The van der Waals surface area contributed by atoms with Crippen LogP contribution in [0.5, 0.6) is 0 Å². The molecule has 1 aromatic heterocycles. The third kappa shape index (κ3) is 2.68. The molecule has 1 saturated carbocycles. The van der Waals surface area contributed by atoms with Crippen molar-refractivity contribution in [2.75, 3.05) is 27.7 Å². The number of H-pyrrole nitrogens is 1. The Labute approximate surface area is 123 Å². The summed E-state index contributed by atoms with van der Waals surface area (Å²) in [5, 5.41) is 14.5. The molecule has 1 heterocycles. The molecule has 0 atom stereocenters. The molecule has 2 N–H and O–H groups in total. The number of rotatable bonds is 6. The van der Waals surface area contributed by atoms with Crippen molar-refractivity contribution in [1.29, 1.82) is 0 Å². The van der Waals surface area contributed by atoms with Crippen molar-refractivity contribution >= 4 is 16.0 Å². The van der Waals surface area contributed by atoms with Gasteiger partial charge in [-0.25, -0.2) is 13.2 Å². The van der Waals surface area contributed by atoms with Gasteiger partial charge in [0, 0.05) is 19.1 Å². The van der Waals surface area contributed by atoms with Crippen molar-refractivity contribution in [3.05, 3.63) is 11.8 Å². The number of likely N-dealkylation sites (N-methyl/N-ethyl adjacent to an activating group) is 2. The van der Waals surface area contributed by atoms with Crippen LogP contribution in [0, 0.1) is 0 Å². The van der Waals surface area contributed by atoms with Crippen LogP contribution in [0.3, 0.4) is 0 Å². The van der Waals surface area contributed by atoms with E-state index in [1.54, 1.807) is 0 Å². The number of hydrogen-bond acceptors (Lipinski definition) is 5. The maximum atomic E-state index is 12.5. The number of aromatic amines is 1. The highest BCUT2D eigenvalue weighted by molar-refractivity contribution is 7.89. The Bertz CT molecular complexity index is 633. The average Bonchev–Trinajstić information content (AvgIpc) is 2.82. The van der Waals surface area contributed by atoms with Crippen molar-refractivity contribution in [3.63, 3.8) is 0 Å². The van der Waals surface area contributed by atoms with Gasteiger partial charge >= 0.3 is 5.97 Å². The molecule has 0 aliphatic heterocycles. The van der Waals surface area contributed by atoms with Crippen LogP contribution in [-0.4, -0.2) is 72.1 Å². The molecule has 0 spiro atoms. The molecule has 0 saturated heterocycles. The molecule has 0 bridgehead atoms. The van der Waals surface area contributed by atoms with Gasteiger partial charge in [-0.1, -0.05) is 0 Å². The fourth-order valence-corrected chi connectivity index (χ4v) is 3.92. The molecule has 0 aromatic carbocycles. The summed E-state index contributed by atoms with van der Waals surface area (Å²) in [6, 6.07) is 0. The molecular weight excluding hydrogens is 296 g/mol. The summed E-state index contributed by atoms with van der Waals surface area (Å²) in [4.78, 5) is 13.1. The number of aromatic nitrogens is 2. The Morgan fingerprint density at radius 1 is 1.43 bits per heavy atom. The predicted molar refractivity (Wildman–Crippen MR) is 75.6 cm³/mol. The number of hydrogen-bond donors (Lipinski definition) is 2. The maximum absolute atomic E-state index is 12.5. The second-order valence-corrected chi connectivity index (χ2v) is 7.63. The molecule has 0 unspecified atom stereocenters. The molecule has 21 heavy (non-hydrogen) atoms. The van der Waals surface area contributed by atoms with Crippen LogP contribution in [0.1, 0.15) is 29.6 Å². The first kappa shape index (κ1) is 15.9. The van der Waals surface area contributed by atoms with Crippen LogP contribution in [0.25, 0.3) is 0 Å². The van der Waals surface area contributed by atoms with Crippen molar-refractivity contribution < 1.29 is 18.3 Å². The van der Waals surface area contributed by atoms with Crippen LogP contribution in [0.4, 0.5) is 0 Å². The SMILES string of the molecule is CN(C)C1(CN(C)S(=O)(=O)c2[nH]ncc2C(=O)O)CCC1. The minimum absolute atomic E-state index is 0.175. The summed E-state index contributed by atoms with van der Waals surface area (Å²) in [5.74, 6) is -1.32. The zero-order valence-corrected chi connectivity index (χ0v) is 13.1. The number of carboxylic acids is 1. The Morgan fingerprint density at radius 2 is 2.05 bits per heavy atom. The third-order valence-electron chi connectivity index (χ3n) is 4.25. The van der Waals surface area contributed by atoms with E-state index in [9.17, 15) is 13.2 Å². The molecule has 1 fully saturated rings. The Hall–Kier alpha value is -1.45. The number of sulfonamides is 1. The van der Waals surface area contributed by atoms with Crippen molar-refractivity contribution in [3.8, 4) is 0 Å². The van der Waals surface area contributed by atoms with Gasteiger partial charge in [0.1, 0.15) is 5.56 Å². The van der Waals surface area contributed by atoms with E-state index < -0.39 is 16.0 Å². The summed E-state index contributed by atoms with van der Waals surface area (Å²) < 4.78 is 26.3. The average molecular weight is 316 g/mol. The van der Waals surface area contributed by atoms with E-state index in [4.69, 9.17) is 5.11 Å². The fraction of sp³-hybridized carbons (Fsp3) is 0.667. The number of carbonyl (C=O) groups is 1. The van der Waals surface area contributed by atoms with Gasteiger partial charge in [-0.05, 0) is 33.4 Å². The Kier molecular flexibility index (Phi) is 4.09. The highest BCUT2D eigenvalue weighted by atomic mass is 32.2. The summed E-state index contributed by atoms with van der Waals surface area (Å²) in [6.45, 7) is 0.320. The van der Waals surface area contributed by atoms with Crippen LogP contribution < -0.4 is 0 Å². The second kappa shape index (κ2) is 5.39. The van der Waals surface area contributed by atoms with E-state index in [1.165, 1.54) is 11.4 Å². The minimum Gasteiger partial charge on any atom is -0.478 e. The van der Waals surface area contributed by atoms with E-state index in [1.807, 2.05) is 19.0 Å². The van der Waals surface area contributed by atoms with Crippen molar-refractivity contribution in [2.45, 2.75) is 29.8 Å². The Balaban J connectivity index is 2.27. The first-order valence-corrected chi connectivity index (χ1v) is 8.05. The molecule has 2 rings (SSSR count).